The molecule has 0 unspecified atom stereocenters. The second-order valence-corrected chi connectivity index (χ2v) is 6.97. The zero-order valence-corrected chi connectivity index (χ0v) is 18.1. The maximum absolute atomic E-state index is 11.9. The van der Waals surface area contributed by atoms with Gasteiger partial charge < -0.3 is 21.1 Å². The number of ether oxygens (including phenoxy) is 1. The quantitative estimate of drug-likeness (QED) is 0.568. The molecule has 160 valence electrons. The summed E-state index contributed by atoms with van der Waals surface area (Å²) in [5.74, 6) is -0.497. The molecule has 0 spiro atoms. The van der Waals surface area contributed by atoms with E-state index in [1.165, 1.54) is 5.56 Å². The van der Waals surface area contributed by atoms with Crippen molar-refractivity contribution < 1.29 is 14.3 Å². The number of amides is 2. The number of morpholine rings is 1. The minimum absolute atomic E-state index is 0. The SMILES string of the molecule is CC(C)[C@H](N)C(=O)NCC(=O)NCc1cccc(CN2CCOCC2)c1.Cl.Cl. The molecule has 4 N–H and O–H groups in total. The molecule has 1 heterocycles. The van der Waals surface area contributed by atoms with Gasteiger partial charge in [-0.05, 0) is 17.0 Å². The number of nitrogens with one attached hydrogen (secondary N) is 2. The molecule has 0 radical (unpaired) electrons. The Balaban J connectivity index is 0.00000364. The van der Waals surface area contributed by atoms with E-state index >= 15 is 0 Å². The van der Waals surface area contributed by atoms with Crippen molar-refractivity contribution >= 4 is 36.6 Å². The Bertz CT molecular complexity index is 611. The first-order chi connectivity index (χ1) is 12.5. The largest absolute Gasteiger partial charge is 0.379 e. The molecule has 2 rings (SSSR count). The Kier molecular flexibility index (Phi) is 13.1. The molecular formula is C19H32Cl2N4O3. The maximum atomic E-state index is 11.9. The molecule has 0 aliphatic carbocycles. The third kappa shape index (κ3) is 9.21. The molecule has 1 aromatic carbocycles. The van der Waals surface area contributed by atoms with Gasteiger partial charge in [0.25, 0.3) is 0 Å². The molecule has 7 nitrogen and oxygen atoms in total. The zero-order valence-electron chi connectivity index (χ0n) is 16.5. The summed E-state index contributed by atoms with van der Waals surface area (Å²) < 4.78 is 5.37. The van der Waals surface area contributed by atoms with Crippen molar-refractivity contribution in [3.05, 3.63) is 35.4 Å². The second-order valence-electron chi connectivity index (χ2n) is 6.97. The number of hydrogen-bond acceptors (Lipinski definition) is 5. The summed E-state index contributed by atoms with van der Waals surface area (Å²) in [5, 5.41) is 5.40. The molecule has 28 heavy (non-hydrogen) atoms. The van der Waals surface area contributed by atoms with Crippen molar-refractivity contribution in [3.8, 4) is 0 Å². The summed E-state index contributed by atoms with van der Waals surface area (Å²) >= 11 is 0. The van der Waals surface area contributed by atoms with E-state index in [0.717, 1.165) is 38.4 Å². The van der Waals surface area contributed by atoms with Crippen LogP contribution in [0.5, 0.6) is 0 Å². The Labute approximate surface area is 179 Å². The standard InChI is InChI=1S/C19H30N4O3.2ClH/c1-14(2)18(20)19(25)22-12-17(24)21-11-15-4-3-5-16(10-15)13-23-6-8-26-9-7-23;;/h3-5,10,14,18H,6-9,11-13,20H2,1-2H3,(H,21,24)(H,22,25);2*1H/t18-;;/m0../s1. The highest BCUT2D eigenvalue weighted by Crippen LogP contribution is 2.10. The minimum atomic E-state index is -0.598. The van der Waals surface area contributed by atoms with Gasteiger partial charge in [0.15, 0.2) is 0 Å². The lowest BCUT2D eigenvalue weighted by Gasteiger charge is -2.26. The van der Waals surface area contributed by atoms with E-state index < -0.39 is 6.04 Å². The van der Waals surface area contributed by atoms with Crippen molar-refractivity contribution in [3.63, 3.8) is 0 Å². The van der Waals surface area contributed by atoms with Crippen molar-refractivity contribution in [2.45, 2.75) is 33.0 Å². The van der Waals surface area contributed by atoms with Gasteiger partial charge in [0.05, 0.1) is 25.8 Å². The Morgan fingerprint density at radius 2 is 1.79 bits per heavy atom. The molecule has 1 aliphatic heterocycles. The van der Waals surface area contributed by atoms with Crippen molar-refractivity contribution in [1.82, 2.24) is 15.5 Å². The topological polar surface area (TPSA) is 96.7 Å². The monoisotopic (exact) mass is 434 g/mol. The van der Waals surface area contributed by atoms with Gasteiger partial charge in [0.2, 0.25) is 11.8 Å². The first-order valence-corrected chi connectivity index (χ1v) is 9.13. The molecule has 1 atom stereocenters. The molecule has 1 aromatic rings. The van der Waals surface area contributed by atoms with Crippen molar-refractivity contribution in [1.29, 1.82) is 0 Å². The molecule has 0 saturated carbocycles. The zero-order chi connectivity index (χ0) is 18.9. The van der Waals surface area contributed by atoms with E-state index in [9.17, 15) is 9.59 Å². The third-order valence-electron chi connectivity index (χ3n) is 4.44. The fourth-order valence-corrected chi connectivity index (χ4v) is 2.71. The Hall–Kier alpha value is -1.38. The van der Waals surface area contributed by atoms with Crippen LogP contribution in [-0.4, -0.2) is 55.6 Å². The summed E-state index contributed by atoms with van der Waals surface area (Å²) in [6.45, 7) is 8.44. The summed E-state index contributed by atoms with van der Waals surface area (Å²) in [7, 11) is 0. The van der Waals surface area contributed by atoms with Gasteiger partial charge in [-0.2, -0.15) is 0 Å². The number of nitrogens with two attached hydrogens (primary N) is 1. The number of hydrogen-bond donors (Lipinski definition) is 3. The fourth-order valence-electron chi connectivity index (χ4n) is 2.71. The average molecular weight is 435 g/mol. The average Bonchev–Trinajstić information content (AvgIpc) is 2.64. The van der Waals surface area contributed by atoms with Gasteiger partial charge in [-0.15, -0.1) is 24.8 Å². The van der Waals surface area contributed by atoms with Crippen LogP contribution in [0, 0.1) is 5.92 Å². The predicted octanol–water partition coefficient (Wildman–Crippen LogP) is 1.08. The highest BCUT2D eigenvalue weighted by molar-refractivity contribution is 5.87. The van der Waals surface area contributed by atoms with E-state index in [4.69, 9.17) is 10.5 Å². The highest BCUT2D eigenvalue weighted by Gasteiger charge is 2.17. The maximum Gasteiger partial charge on any atom is 0.239 e. The van der Waals surface area contributed by atoms with E-state index in [1.807, 2.05) is 26.0 Å². The van der Waals surface area contributed by atoms with E-state index in [0.29, 0.717) is 6.54 Å². The first kappa shape index (κ1) is 26.6. The lowest BCUT2D eigenvalue weighted by atomic mass is 10.1. The normalized spacial score (nSPS) is 15.1. The first-order valence-electron chi connectivity index (χ1n) is 9.13. The number of carbonyl (C=O) groups excluding carboxylic acids is 2. The van der Waals surface area contributed by atoms with Crippen LogP contribution in [-0.2, 0) is 27.4 Å². The van der Waals surface area contributed by atoms with Gasteiger partial charge in [0, 0.05) is 26.2 Å². The summed E-state index contributed by atoms with van der Waals surface area (Å²) in [6, 6.07) is 7.58. The number of carbonyl (C=O) groups is 2. The number of rotatable bonds is 8. The second kappa shape index (κ2) is 13.7. The van der Waals surface area contributed by atoms with Crippen LogP contribution in [0.15, 0.2) is 24.3 Å². The molecule has 0 aromatic heterocycles. The number of nitrogens with zero attached hydrogens (tertiary/aromatic N) is 1. The molecule has 2 amide bonds. The summed E-state index contributed by atoms with van der Waals surface area (Å²) in [4.78, 5) is 26.0. The van der Waals surface area contributed by atoms with Crippen LogP contribution in [0.25, 0.3) is 0 Å². The Morgan fingerprint density at radius 3 is 2.43 bits per heavy atom. The van der Waals surface area contributed by atoms with E-state index in [1.54, 1.807) is 0 Å². The molecule has 1 aliphatic rings. The van der Waals surface area contributed by atoms with Crippen LogP contribution < -0.4 is 16.4 Å². The Morgan fingerprint density at radius 1 is 1.14 bits per heavy atom. The smallest absolute Gasteiger partial charge is 0.239 e. The van der Waals surface area contributed by atoms with E-state index in [-0.39, 0.29) is 49.1 Å². The van der Waals surface area contributed by atoms with Crippen molar-refractivity contribution in [2.24, 2.45) is 11.7 Å². The van der Waals surface area contributed by atoms with Gasteiger partial charge in [-0.3, -0.25) is 14.5 Å². The predicted molar refractivity (Wildman–Crippen MR) is 115 cm³/mol. The van der Waals surface area contributed by atoms with Crippen LogP contribution in [0.2, 0.25) is 0 Å². The van der Waals surface area contributed by atoms with E-state index in [2.05, 4.69) is 27.7 Å². The third-order valence-corrected chi connectivity index (χ3v) is 4.44. The summed E-state index contributed by atoms with van der Waals surface area (Å²) in [5.41, 5.74) is 8.00. The van der Waals surface area contributed by atoms with Crippen LogP contribution in [0.1, 0.15) is 25.0 Å². The van der Waals surface area contributed by atoms with Gasteiger partial charge in [-0.1, -0.05) is 38.1 Å². The highest BCUT2D eigenvalue weighted by atomic mass is 35.5. The minimum Gasteiger partial charge on any atom is -0.379 e. The molecule has 9 heteroatoms. The number of benzene rings is 1. The van der Waals surface area contributed by atoms with Gasteiger partial charge >= 0.3 is 0 Å². The molecule has 1 fully saturated rings. The van der Waals surface area contributed by atoms with Gasteiger partial charge in [-0.25, -0.2) is 0 Å². The lowest BCUT2D eigenvalue weighted by molar-refractivity contribution is -0.127. The lowest BCUT2D eigenvalue weighted by Crippen LogP contribution is -2.47. The molecule has 1 saturated heterocycles. The van der Waals surface area contributed by atoms with Crippen LogP contribution in [0.4, 0.5) is 0 Å². The van der Waals surface area contributed by atoms with Gasteiger partial charge in [0.1, 0.15) is 0 Å². The van der Waals surface area contributed by atoms with Crippen molar-refractivity contribution in [2.75, 3.05) is 32.8 Å². The molecular weight excluding hydrogens is 403 g/mol. The number of halogens is 2. The molecule has 0 bridgehead atoms. The fraction of sp³-hybridized carbons (Fsp3) is 0.579. The van der Waals surface area contributed by atoms with Crippen LogP contribution >= 0.6 is 24.8 Å². The summed E-state index contributed by atoms with van der Waals surface area (Å²) in [6.07, 6.45) is 0. The van der Waals surface area contributed by atoms with Crippen LogP contribution in [0.3, 0.4) is 0 Å².